The van der Waals surface area contributed by atoms with E-state index in [2.05, 4.69) is 10.4 Å². The Morgan fingerprint density at radius 3 is 2.82 bits per heavy atom. The number of amides is 1. The fourth-order valence-electron chi connectivity index (χ4n) is 2.35. The number of non-ortho nitro benzene ring substituents is 1. The van der Waals surface area contributed by atoms with E-state index in [-0.39, 0.29) is 29.4 Å². The zero-order valence-corrected chi connectivity index (χ0v) is 15.0. The summed E-state index contributed by atoms with van der Waals surface area (Å²) in [6.07, 6.45) is 1.42. The molecule has 0 atom stereocenters. The number of carbonyl (C=O) groups excluding carboxylic acids is 1. The van der Waals surface area contributed by atoms with Gasteiger partial charge in [-0.15, -0.1) is 0 Å². The number of hydrogen-bond donors (Lipinski definition) is 1. The molecule has 28 heavy (non-hydrogen) atoms. The van der Waals surface area contributed by atoms with Crippen LogP contribution in [-0.4, -0.2) is 20.6 Å². The number of aromatic nitrogens is 2. The van der Waals surface area contributed by atoms with Crippen molar-refractivity contribution in [3.05, 3.63) is 81.1 Å². The van der Waals surface area contributed by atoms with E-state index in [9.17, 15) is 20.2 Å². The van der Waals surface area contributed by atoms with Gasteiger partial charge in [-0.3, -0.25) is 14.9 Å². The smallest absolute Gasteiger partial charge is 0.274 e. The van der Waals surface area contributed by atoms with E-state index < -0.39 is 10.8 Å². The third kappa shape index (κ3) is 4.08. The van der Waals surface area contributed by atoms with Crippen molar-refractivity contribution in [2.24, 2.45) is 0 Å². The number of halogens is 1. The Balaban J connectivity index is 1.76. The van der Waals surface area contributed by atoms with Crippen LogP contribution in [0.4, 0.5) is 11.4 Å². The number of nitriles is 1. The summed E-state index contributed by atoms with van der Waals surface area (Å²) in [5.41, 5.74) is 0.0563. The van der Waals surface area contributed by atoms with Crippen LogP contribution in [0.15, 0.2) is 54.7 Å². The van der Waals surface area contributed by atoms with E-state index in [1.807, 2.05) is 6.07 Å². The Morgan fingerprint density at radius 2 is 2.11 bits per heavy atom. The van der Waals surface area contributed by atoms with Crippen LogP contribution in [0.5, 0.6) is 5.75 Å². The highest BCUT2D eigenvalue weighted by molar-refractivity contribution is 6.32. The van der Waals surface area contributed by atoms with E-state index >= 15 is 0 Å². The van der Waals surface area contributed by atoms with Gasteiger partial charge in [0, 0.05) is 18.3 Å². The zero-order valence-electron chi connectivity index (χ0n) is 14.2. The first-order chi connectivity index (χ1) is 13.5. The fraction of sp³-hybridized carbons (Fsp3) is 0.0556. The maximum atomic E-state index is 12.6. The molecule has 0 saturated heterocycles. The minimum Gasteiger partial charge on any atom is -0.470 e. The Kier molecular flexibility index (Phi) is 5.53. The molecule has 2 aromatic carbocycles. The lowest BCUT2D eigenvalue weighted by Crippen LogP contribution is -2.20. The largest absolute Gasteiger partial charge is 0.470 e. The topological polar surface area (TPSA) is 123 Å². The summed E-state index contributed by atoms with van der Waals surface area (Å²) >= 11 is 6.03. The molecule has 0 aliphatic rings. The minimum atomic E-state index is -0.617. The average molecular weight is 398 g/mol. The number of nitro groups is 1. The Hall–Kier alpha value is -3.90. The van der Waals surface area contributed by atoms with Gasteiger partial charge in [0.1, 0.15) is 17.5 Å². The predicted molar refractivity (Wildman–Crippen MR) is 100 cm³/mol. The summed E-state index contributed by atoms with van der Waals surface area (Å²) in [5, 5.41) is 27.0. The van der Waals surface area contributed by atoms with E-state index in [1.165, 1.54) is 29.1 Å². The second kappa shape index (κ2) is 8.20. The highest BCUT2D eigenvalue weighted by Gasteiger charge is 2.17. The maximum Gasteiger partial charge on any atom is 0.274 e. The second-order valence-corrected chi connectivity index (χ2v) is 5.88. The lowest BCUT2D eigenvalue weighted by Gasteiger charge is -2.11. The third-order valence-electron chi connectivity index (χ3n) is 3.71. The van der Waals surface area contributed by atoms with Crippen molar-refractivity contribution in [3.63, 3.8) is 0 Å². The molecule has 9 nitrogen and oxygen atoms in total. The number of nitro benzene ring substituents is 1. The molecule has 0 spiro atoms. The number of para-hydroxylation sites is 1. The molecule has 0 unspecified atom stereocenters. The predicted octanol–water partition coefficient (Wildman–Crippen LogP) is 3.61. The Bertz CT molecular complexity index is 1090. The molecule has 10 heteroatoms. The molecule has 0 aliphatic carbocycles. The van der Waals surface area contributed by atoms with Gasteiger partial charge >= 0.3 is 0 Å². The number of hydrogen-bond acceptors (Lipinski definition) is 6. The monoisotopic (exact) mass is 397 g/mol. The van der Waals surface area contributed by atoms with Crippen LogP contribution in [0.1, 0.15) is 16.1 Å². The van der Waals surface area contributed by atoms with E-state index in [0.29, 0.717) is 10.8 Å². The summed E-state index contributed by atoms with van der Waals surface area (Å²) < 4.78 is 6.89. The molecule has 0 saturated carbocycles. The maximum absolute atomic E-state index is 12.6. The van der Waals surface area contributed by atoms with Crippen molar-refractivity contribution < 1.29 is 14.5 Å². The molecule has 1 N–H and O–H groups in total. The van der Waals surface area contributed by atoms with E-state index in [0.717, 1.165) is 6.07 Å². The summed E-state index contributed by atoms with van der Waals surface area (Å²) in [6, 6.07) is 13.8. The first kappa shape index (κ1) is 18.9. The van der Waals surface area contributed by atoms with E-state index in [4.69, 9.17) is 16.3 Å². The first-order valence-corrected chi connectivity index (χ1v) is 8.26. The van der Waals surface area contributed by atoms with Crippen LogP contribution in [0.3, 0.4) is 0 Å². The lowest BCUT2D eigenvalue weighted by atomic mass is 10.1. The van der Waals surface area contributed by atoms with Gasteiger partial charge in [0.25, 0.3) is 11.6 Å². The molecule has 0 fully saturated rings. The van der Waals surface area contributed by atoms with Crippen molar-refractivity contribution in [2.45, 2.75) is 6.73 Å². The summed E-state index contributed by atoms with van der Waals surface area (Å²) in [5.74, 6) is -0.112. The van der Waals surface area contributed by atoms with Gasteiger partial charge in [0.2, 0.25) is 0 Å². The molecular weight excluding hydrogens is 386 g/mol. The van der Waals surface area contributed by atoms with Crippen molar-refractivity contribution in [1.29, 1.82) is 5.26 Å². The summed E-state index contributed by atoms with van der Waals surface area (Å²) in [7, 11) is 0. The Morgan fingerprint density at radius 1 is 1.32 bits per heavy atom. The average Bonchev–Trinajstić information content (AvgIpc) is 3.16. The Labute approximate surface area is 163 Å². The van der Waals surface area contributed by atoms with Gasteiger partial charge in [0.05, 0.1) is 21.2 Å². The fourth-order valence-corrected chi connectivity index (χ4v) is 2.54. The van der Waals surface area contributed by atoms with Gasteiger partial charge in [0.15, 0.2) is 6.73 Å². The van der Waals surface area contributed by atoms with Crippen molar-refractivity contribution in [1.82, 2.24) is 9.78 Å². The normalized spacial score (nSPS) is 10.1. The number of nitrogens with one attached hydrogen (secondary N) is 1. The molecular formula is C18H12ClN5O4. The van der Waals surface area contributed by atoms with Crippen LogP contribution in [0, 0.1) is 21.4 Å². The quantitative estimate of drug-likeness (QED) is 0.500. The van der Waals surface area contributed by atoms with Gasteiger partial charge < -0.3 is 10.1 Å². The van der Waals surface area contributed by atoms with Crippen LogP contribution < -0.4 is 10.1 Å². The highest BCUT2D eigenvalue weighted by Crippen LogP contribution is 2.24. The molecule has 0 aliphatic heterocycles. The molecule has 140 valence electrons. The van der Waals surface area contributed by atoms with Crippen LogP contribution in [0.2, 0.25) is 5.02 Å². The SMILES string of the molecule is N#Cc1cc([N+](=O)[O-])ccc1NC(=O)c1ccnn1COc1ccccc1Cl. The minimum absolute atomic E-state index is 0.0269. The number of benzene rings is 2. The first-order valence-electron chi connectivity index (χ1n) is 7.88. The number of carbonyl (C=O) groups is 1. The standard InChI is InChI=1S/C18H12ClN5O4/c19-14-3-1-2-4-17(14)28-11-23-16(7-8-21-23)18(25)22-15-6-5-13(24(26)27)9-12(15)10-20/h1-9H,11H2,(H,22,25). The van der Waals surface area contributed by atoms with Crippen LogP contribution >= 0.6 is 11.6 Å². The zero-order chi connectivity index (χ0) is 20.1. The lowest BCUT2D eigenvalue weighted by molar-refractivity contribution is -0.384. The van der Waals surface area contributed by atoms with Crippen LogP contribution in [0.25, 0.3) is 0 Å². The molecule has 3 rings (SSSR count). The summed E-state index contributed by atoms with van der Waals surface area (Å²) in [4.78, 5) is 22.8. The van der Waals surface area contributed by atoms with Gasteiger partial charge in [-0.25, -0.2) is 4.68 Å². The molecule has 1 heterocycles. The number of rotatable bonds is 6. The molecule has 0 bridgehead atoms. The number of ether oxygens (including phenoxy) is 1. The molecule has 1 aromatic heterocycles. The molecule has 0 radical (unpaired) electrons. The van der Waals surface area contributed by atoms with Crippen molar-refractivity contribution in [2.75, 3.05) is 5.32 Å². The van der Waals surface area contributed by atoms with Crippen LogP contribution in [-0.2, 0) is 6.73 Å². The second-order valence-electron chi connectivity index (χ2n) is 5.47. The molecule has 1 amide bonds. The van der Waals surface area contributed by atoms with Crippen molar-refractivity contribution >= 4 is 28.9 Å². The van der Waals surface area contributed by atoms with E-state index in [1.54, 1.807) is 24.3 Å². The van der Waals surface area contributed by atoms with Gasteiger partial charge in [-0.2, -0.15) is 10.4 Å². The van der Waals surface area contributed by atoms with Gasteiger partial charge in [-0.1, -0.05) is 23.7 Å². The molecule has 3 aromatic rings. The highest BCUT2D eigenvalue weighted by atomic mass is 35.5. The van der Waals surface area contributed by atoms with Crippen molar-refractivity contribution in [3.8, 4) is 11.8 Å². The number of anilines is 1. The number of nitrogens with zero attached hydrogens (tertiary/aromatic N) is 4. The summed E-state index contributed by atoms with van der Waals surface area (Å²) in [6.45, 7) is -0.0646. The van der Waals surface area contributed by atoms with Gasteiger partial charge in [-0.05, 0) is 24.3 Å². The third-order valence-corrected chi connectivity index (χ3v) is 4.02.